The van der Waals surface area contributed by atoms with Gasteiger partial charge < -0.3 is 14.6 Å². The Morgan fingerprint density at radius 2 is 1.68 bits per heavy atom. The molecule has 4 rings (SSSR count). The van der Waals surface area contributed by atoms with Gasteiger partial charge in [0.25, 0.3) is 11.6 Å². The molecule has 1 heterocycles. The molecular formula is C26H23N3O5. The molecule has 0 aliphatic carbocycles. The number of fused-ring (bicyclic) bond motifs is 1. The zero-order valence-corrected chi connectivity index (χ0v) is 18.3. The molecule has 8 nitrogen and oxygen atoms in total. The topological polar surface area (TPSA) is 106 Å². The molecule has 172 valence electrons. The summed E-state index contributed by atoms with van der Waals surface area (Å²) in [4.78, 5) is 37.7. The van der Waals surface area contributed by atoms with Crippen LogP contribution in [0.2, 0.25) is 0 Å². The Kier molecular flexibility index (Phi) is 6.98. The second-order valence-corrected chi connectivity index (χ2v) is 7.74. The number of rotatable bonds is 9. The fraction of sp³-hybridized carbons (Fsp3) is 0.154. The Hall–Kier alpha value is -4.46. The molecule has 0 aliphatic heterocycles. The van der Waals surface area contributed by atoms with Crippen molar-refractivity contribution in [3.63, 3.8) is 0 Å². The lowest BCUT2D eigenvalue weighted by atomic mass is 10.1. The summed E-state index contributed by atoms with van der Waals surface area (Å²) in [6.45, 7) is 1.18. The summed E-state index contributed by atoms with van der Waals surface area (Å²) in [6.07, 6.45) is 0.563. The van der Waals surface area contributed by atoms with Gasteiger partial charge in [0.05, 0.1) is 10.6 Å². The van der Waals surface area contributed by atoms with Crippen LogP contribution in [0.5, 0.6) is 0 Å². The van der Waals surface area contributed by atoms with Crippen LogP contribution in [0.25, 0.3) is 11.0 Å². The number of anilines is 1. The number of benzene rings is 3. The van der Waals surface area contributed by atoms with Crippen LogP contribution in [0.1, 0.15) is 22.3 Å². The van der Waals surface area contributed by atoms with Crippen LogP contribution in [0.4, 0.5) is 11.4 Å². The number of nitro benzene ring substituents is 1. The highest BCUT2D eigenvalue weighted by atomic mass is 16.6. The number of para-hydroxylation sites is 2. The third-order valence-electron chi connectivity index (χ3n) is 5.40. The van der Waals surface area contributed by atoms with Gasteiger partial charge >= 0.3 is 5.63 Å². The molecule has 0 aliphatic rings. The number of carbonyl (C=O) groups excluding carboxylic acids is 1. The summed E-state index contributed by atoms with van der Waals surface area (Å²) in [5.74, 6) is -0.401. The molecule has 3 aromatic carbocycles. The first-order valence-corrected chi connectivity index (χ1v) is 10.9. The molecule has 0 radical (unpaired) electrons. The Bertz CT molecular complexity index is 1370. The number of nitrogens with one attached hydrogen (secondary N) is 1. The number of nitro groups is 1. The highest BCUT2D eigenvalue weighted by Crippen LogP contribution is 2.22. The smallest absolute Gasteiger partial charge is 0.338 e. The molecule has 0 fully saturated rings. The molecule has 1 amide bonds. The van der Waals surface area contributed by atoms with Gasteiger partial charge in [-0.05, 0) is 30.2 Å². The van der Waals surface area contributed by atoms with Crippen LogP contribution < -0.4 is 10.9 Å². The van der Waals surface area contributed by atoms with E-state index in [1.165, 1.54) is 18.2 Å². The first kappa shape index (κ1) is 22.7. The summed E-state index contributed by atoms with van der Waals surface area (Å²) < 4.78 is 5.22. The molecule has 1 aromatic heterocycles. The van der Waals surface area contributed by atoms with Crippen molar-refractivity contribution in [2.75, 3.05) is 18.4 Å². The van der Waals surface area contributed by atoms with Gasteiger partial charge in [-0.15, -0.1) is 0 Å². The third kappa shape index (κ3) is 5.29. The van der Waals surface area contributed by atoms with Gasteiger partial charge in [0.15, 0.2) is 0 Å². The minimum atomic E-state index is -0.540. The predicted molar refractivity (Wildman–Crippen MR) is 130 cm³/mol. The maximum Gasteiger partial charge on any atom is 0.338 e. The van der Waals surface area contributed by atoms with Gasteiger partial charge in [0.1, 0.15) is 11.1 Å². The van der Waals surface area contributed by atoms with Gasteiger partial charge in [0, 0.05) is 37.2 Å². The monoisotopic (exact) mass is 457 g/mol. The highest BCUT2D eigenvalue weighted by molar-refractivity contribution is 5.98. The van der Waals surface area contributed by atoms with E-state index < -0.39 is 16.5 Å². The fourth-order valence-corrected chi connectivity index (χ4v) is 3.79. The van der Waals surface area contributed by atoms with Gasteiger partial charge in [-0.3, -0.25) is 14.9 Å². The van der Waals surface area contributed by atoms with E-state index in [2.05, 4.69) is 5.32 Å². The van der Waals surface area contributed by atoms with Crippen LogP contribution in [0, 0.1) is 10.1 Å². The average Bonchev–Trinajstić information content (AvgIpc) is 2.85. The number of carbonyl (C=O) groups is 1. The summed E-state index contributed by atoms with van der Waals surface area (Å²) in [5, 5.41) is 15.5. The largest absolute Gasteiger partial charge is 0.423 e. The van der Waals surface area contributed by atoms with Gasteiger partial charge in [-0.1, -0.05) is 54.6 Å². The molecule has 1 N–H and O–H groups in total. The minimum absolute atomic E-state index is 0.0584. The molecule has 0 unspecified atom stereocenters. The second kappa shape index (κ2) is 10.4. The van der Waals surface area contributed by atoms with E-state index in [4.69, 9.17) is 4.42 Å². The molecule has 0 saturated heterocycles. The van der Waals surface area contributed by atoms with Crippen molar-refractivity contribution in [3.8, 4) is 0 Å². The second-order valence-electron chi connectivity index (χ2n) is 7.74. The van der Waals surface area contributed by atoms with Gasteiger partial charge in [0.2, 0.25) is 0 Å². The van der Waals surface area contributed by atoms with E-state index in [0.717, 1.165) is 10.9 Å². The van der Waals surface area contributed by atoms with Crippen molar-refractivity contribution < 1.29 is 14.1 Å². The lowest BCUT2D eigenvalue weighted by Crippen LogP contribution is -2.33. The van der Waals surface area contributed by atoms with Crippen LogP contribution in [-0.4, -0.2) is 28.8 Å². The van der Waals surface area contributed by atoms with E-state index in [1.54, 1.807) is 29.2 Å². The van der Waals surface area contributed by atoms with Crippen molar-refractivity contribution in [1.29, 1.82) is 0 Å². The summed E-state index contributed by atoms with van der Waals surface area (Å²) in [5.41, 5.74) is 1.47. The van der Waals surface area contributed by atoms with Gasteiger partial charge in [-0.25, -0.2) is 4.79 Å². The van der Waals surface area contributed by atoms with E-state index >= 15 is 0 Å². The van der Waals surface area contributed by atoms with Crippen molar-refractivity contribution >= 4 is 28.3 Å². The summed E-state index contributed by atoms with van der Waals surface area (Å²) in [6, 6.07) is 24.1. The van der Waals surface area contributed by atoms with Crippen LogP contribution >= 0.6 is 0 Å². The molecular weight excluding hydrogens is 434 g/mol. The molecule has 8 heteroatoms. The average molecular weight is 457 g/mol. The minimum Gasteiger partial charge on any atom is -0.423 e. The molecule has 0 saturated carbocycles. The van der Waals surface area contributed by atoms with Crippen LogP contribution in [0.3, 0.4) is 0 Å². The van der Waals surface area contributed by atoms with Crippen molar-refractivity contribution in [2.24, 2.45) is 0 Å². The summed E-state index contributed by atoms with van der Waals surface area (Å²) in [7, 11) is 0. The zero-order chi connectivity index (χ0) is 23.9. The predicted octanol–water partition coefficient (Wildman–Crippen LogP) is 4.85. The van der Waals surface area contributed by atoms with E-state index in [-0.39, 0.29) is 11.3 Å². The Balaban J connectivity index is 1.50. The standard InChI is InChI=1S/C26H23N3O5/c30-25-17-22(20-11-5-7-14-24(20)34-25)27-15-8-16-28(18-19-9-2-1-3-10-19)26(31)21-12-4-6-13-23(21)29(32)33/h1-7,9-14,17,27H,8,15-16,18H2. The molecule has 34 heavy (non-hydrogen) atoms. The van der Waals surface area contributed by atoms with Crippen molar-refractivity contribution in [3.05, 3.63) is 117 Å². The molecule has 0 bridgehead atoms. The quantitative estimate of drug-likeness (QED) is 0.167. The van der Waals surface area contributed by atoms with E-state index in [0.29, 0.717) is 37.3 Å². The number of hydrogen-bond acceptors (Lipinski definition) is 6. The fourth-order valence-electron chi connectivity index (χ4n) is 3.79. The maximum absolute atomic E-state index is 13.3. The van der Waals surface area contributed by atoms with Gasteiger partial charge in [-0.2, -0.15) is 0 Å². The van der Waals surface area contributed by atoms with E-state index in [1.807, 2.05) is 42.5 Å². The summed E-state index contributed by atoms with van der Waals surface area (Å²) >= 11 is 0. The molecule has 0 spiro atoms. The van der Waals surface area contributed by atoms with Crippen molar-refractivity contribution in [2.45, 2.75) is 13.0 Å². The number of amides is 1. The zero-order valence-electron chi connectivity index (χ0n) is 18.3. The number of hydrogen-bond donors (Lipinski definition) is 1. The lowest BCUT2D eigenvalue weighted by Gasteiger charge is -2.23. The van der Waals surface area contributed by atoms with Crippen LogP contribution in [-0.2, 0) is 6.54 Å². The molecule has 4 aromatic rings. The highest BCUT2D eigenvalue weighted by Gasteiger charge is 2.24. The first-order valence-electron chi connectivity index (χ1n) is 10.9. The number of nitrogens with zero attached hydrogens (tertiary/aromatic N) is 2. The Labute approximate surface area is 195 Å². The van der Waals surface area contributed by atoms with Crippen molar-refractivity contribution in [1.82, 2.24) is 4.90 Å². The first-order chi connectivity index (χ1) is 16.5. The Morgan fingerprint density at radius 1 is 0.971 bits per heavy atom. The van der Waals surface area contributed by atoms with Crippen LogP contribution in [0.15, 0.2) is 94.1 Å². The lowest BCUT2D eigenvalue weighted by molar-refractivity contribution is -0.385. The van der Waals surface area contributed by atoms with E-state index in [9.17, 15) is 19.7 Å². The normalized spacial score (nSPS) is 10.7. The molecule has 0 atom stereocenters. The SMILES string of the molecule is O=C(c1ccccc1[N+](=O)[O-])N(CCCNc1cc(=O)oc2ccccc12)Cc1ccccc1. The Morgan fingerprint density at radius 3 is 2.47 bits per heavy atom. The third-order valence-corrected chi connectivity index (χ3v) is 5.40. The maximum atomic E-state index is 13.3.